The molecule has 0 aliphatic carbocycles. The van der Waals surface area contributed by atoms with Gasteiger partial charge in [0.05, 0.1) is 19.0 Å². The number of hydrogen-bond acceptors (Lipinski definition) is 6. The number of carbonyl (C=O) groups is 5. The summed E-state index contributed by atoms with van der Waals surface area (Å²) >= 11 is 0. The van der Waals surface area contributed by atoms with E-state index in [-0.39, 0.29) is 37.6 Å². The average molecular weight is 415 g/mol. The van der Waals surface area contributed by atoms with Gasteiger partial charge in [-0.2, -0.15) is 0 Å². The van der Waals surface area contributed by atoms with Crippen LogP contribution in [0, 0.1) is 5.92 Å². The number of carboxylic acid groups (broad SMARTS) is 1. The maximum Gasteiger partial charge on any atom is 0.303 e. The van der Waals surface area contributed by atoms with Crippen molar-refractivity contribution in [2.75, 3.05) is 13.1 Å². The number of nitrogens with two attached hydrogens (primary N) is 2. The highest BCUT2D eigenvalue weighted by Crippen LogP contribution is 2.03. The van der Waals surface area contributed by atoms with Crippen LogP contribution in [-0.4, -0.2) is 59.9 Å². The second kappa shape index (κ2) is 14.3. The summed E-state index contributed by atoms with van der Waals surface area (Å²) < 4.78 is 0. The normalized spacial score (nSPS) is 12.7. The van der Waals surface area contributed by atoms with Gasteiger partial charge in [0, 0.05) is 13.0 Å². The molecule has 0 saturated carbocycles. The molecule has 0 aromatic carbocycles. The Labute approximate surface area is 170 Å². The average Bonchev–Trinajstić information content (AvgIpc) is 2.62. The molecule has 0 fully saturated rings. The highest BCUT2D eigenvalue weighted by Gasteiger charge is 2.19. The van der Waals surface area contributed by atoms with Gasteiger partial charge in [-0.15, -0.1) is 0 Å². The molecule has 29 heavy (non-hydrogen) atoms. The lowest BCUT2D eigenvalue weighted by Crippen LogP contribution is -2.50. The van der Waals surface area contributed by atoms with E-state index in [0.29, 0.717) is 25.8 Å². The molecule has 11 nitrogen and oxygen atoms in total. The predicted molar refractivity (Wildman–Crippen MR) is 105 cm³/mol. The molecule has 4 amide bonds. The molecule has 0 aliphatic heterocycles. The molecule has 0 aromatic heterocycles. The predicted octanol–water partition coefficient (Wildman–Crippen LogP) is -1.40. The Balaban J connectivity index is 4.14. The van der Waals surface area contributed by atoms with E-state index in [2.05, 4.69) is 16.0 Å². The minimum Gasteiger partial charge on any atom is -0.481 e. The van der Waals surface area contributed by atoms with Crippen molar-refractivity contribution < 1.29 is 29.1 Å². The minimum absolute atomic E-state index is 0.0954. The van der Waals surface area contributed by atoms with Crippen molar-refractivity contribution in [1.29, 1.82) is 0 Å². The Kier molecular flexibility index (Phi) is 13.0. The van der Waals surface area contributed by atoms with Gasteiger partial charge in [0.15, 0.2) is 0 Å². The van der Waals surface area contributed by atoms with Gasteiger partial charge >= 0.3 is 5.97 Å². The number of nitrogens with one attached hydrogen (secondary N) is 3. The Morgan fingerprint density at radius 3 is 2.17 bits per heavy atom. The first kappa shape index (κ1) is 26.3. The van der Waals surface area contributed by atoms with Gasteiger partial charge in [0.25, 0.3) is 0 Å². The lowest BCUT2D eigenvalue weighted by Gasteiger charge is -2.17. The first-order valence-corrected chi connectivity index (χ1v) is 9.63. The number of aliphatic carboxylic acids is 1. The van der Waals surface area contributed by atoms with Gasteiger partial charge in [0.2, 0.25) is 23.6 Å². The molecular formula is C18H33N5O6. The molecule has 0 unspecified atom stereocenters. The molecule has 0 saturated heterocycles. The highest BCUT2D eigenvalue weighted by atomic mass is 16.4. The summed E-state index contributed by atoms with van der Waals surface area (Å²) in [5.41, 5.74) is 11.0. The summed E-state index contributed by atoms with van der Waals surface area (Å²) in [7, 11) is 0. The number of amides is 4. The van der Waals surface area contributed by atoms with E-state index in [1.54, 1.807) is 0 Å². The molecule has 0 aliphatic rings. The number of unbranched alkanes of at least 4 members (excludes halogenated alkanes) is 1. The van der Waals surface area contributed by atoms with Gasteiger partial charge in [-0.25, -0.2) is 0 Å². The Hall–Kier alpha value is -2.69. The zero-order chi connectivity index (χ0) is 22.4. The van der Waals surface area contributed by atoms with Gasteiger partial charge < -0.3 is 32.5 Å². The van der Waals surface area contributed by atoms with Crippen LogP contribution in [0.2, 0.25) is 0 Å². The van der Waals surface area contributed by atoms with E-state index >= 15 is 0 Å². The highest BCUT2D eigenvalue weighted by molar-refractivity contribution is 5.90. The maximum absolute atomic E-state index is 11.9. The Bertz CT molecular complexity index is 581. The maximum atomic E-state index is 11.9. The zero-order valence-corrected chi connectivity index (χ0v) is 17.0. The van der Waals surface area contributed by atoms with Crippen molar-refractivity contribution in [3.8, 4) is 0 Å². The van der Waals surface area contributed by atoms with Crippen molar-refractivity contribution in [3.05, 3.63) is 0 Å². The van der Waals surface area contributed by atoms with Crippen LogP contribution in [-0.2, 0) is 24.0 Å². The lowest BCUT2D eigenvalue weighted by molar-refractivity contribution is -0.138. The van der Waals surface area contributed by atoms with E-state index < -0.39 is 35.8 Å². The van der Waals surface area contributed by atoms with Crippen LogP contribution in [0.5, 0.6) is 0 Å². The van der Waals surface area contributed by atoms with E-state index in [1.165, 1.54) is 0 Å². The second-order valence-corrected chi connectivity index (χ2v) is 7.22. The summed E-state index contributed by atoms with van der Waals surface area (Å²) in [5, 5.41) is 16.0. The first-order chi connectivity index (χ1) is 13.5. The van der Waals surface area contributed by atoms with E-state index in [9.17, 15) is 24.0 Å². The number of rotatable bonds is 15. The fourth-order valence-electron chi connectivity index (χ4n) is 2.45. The SMILES string of the molecule is CC(C)C[C@H](N)C(=O)NCC(=O)N[C@@H](CCCCNC(=O)CCC(=O)O)C(N)=O. The van der Waals surface area contributed by atoms with E-state index in [0.717, 1.165) is 0 Å². The summed E-state index contributed by atoms with van der Waals surface area (Å²) in [5.74, 6) is -2.86. The summed E-state index contributed by atoms with van der Waals surface area (Å²) in [6, 6.07) is -1.60. The molecule has 166 valence electrons. The molecule has 0 aromatic rings. The number of hydrogen-bond donors (Lipinski definition) is 6. The van der Waals surface area contributed by atoms with Crippen LogP contribution in [0.15, 0.2) is 0 Å². The number of carboxylic acids is 1. The van der Waals surface area contributed by atoms with Crippen LogP contribution in [0.3, 0.4) is 0 Å². The fraction of sp³-hybridized carbons (Fsp3) is 0.722. The van der Waals surface area contributed by atoms with Crippen molar-refractivity contribution in [2.24, 2.45) is 17.4 Å². The summed E-state index contributed by atoms with van der Waals surface area (Å²) in [6.45, 7) is 3.87. The standard InChI is InChI=1S/C18H33N5O6/c1-11(2)9-12(19)18(29)22-10-15(25)23-13(17(20)28)5-3-4-8-21-14(24)6-7-16(26)27/h11-13H,3-10,19H2,1-2H3,(H2,20,28)(H,21,24)(H,22,29)(H,23,25)(H,26,27)/t12-,13-/m0/s1. The fourth-order valence-corrected chi connectivity index (χ4v) is 2.45. The van der Waals surface area contributed by atoms with Gasteiger partial charge in [0.1, 0.15) is 6.04 Å². The third kappa shape index (κ3) is 14.0. The quantitative estimate of drug-likeness (QED) is 0.177. The lowest BCUT2D eigenvalue weighted by atomic mass is 10.0. The minimum atomic E-state index is -1.04. The number of primary amides is 1. The van der Waals surface area contributed by atoms with E-state index in [1.807, 2.05) is 13.8 Å². The molecule has 0 radical (unpaired) electrons. The molecule has 8 N–H and O–H groups in total. The largest absolute Gasteiger partial charge is 0.481 e. The summed E-state index contributed by atoms with van der Waals surface area (Å²) in [4.78, 5) is 57.0. The van der Waals surface area contributed by atoms with Crippen LogP contribution in [0.25, 0.3) is 0 Å². The zero-order valence-electron chi connectivity index (χ0n) is 17.0. The smallest absolute Gasteiger partial charge is 0.303 e. The molecule has 11 heteroatoms. The van der Waals surface area contributed by atoms with Crippen LogP contribution >= 0.6 is 0 Å². The molecule has 0 spiro atoms. The molecule has 0 bridgehead atoms. The van der Waals surface area contributed by atoms with Crippen molar-refractivity contribution >= 4 is 29.6 Å². The molecule has 0 rings (SSSR count). The van der Waals surface area contributed by atoms with Gasteiger partial charge in [-0.3, -0.25) is 24.0 Å². The molecule has 0 heterocycles. The monoisotopic (exact) mass is 415 g/mol. The van der Waals surface area contributed by atoms with Crippen LogP contribution in [0.1, 0.15) is 52.4 Å². The summed E-state index contributed by atoms with van der Waals surface area (Å²) in [6.07, 6.45) is 1.46. The van der Waals surface area contributed by atoms with Gasteiger partial charge in [-0.1, -0.05) is 13.8 Å². The Morgan fingerprint density at radius 2 is 1.62 bits per heavy atom. The number of carbonyl (C=O) groups excluding carboxylic acids is 4. The van der Waals surface area contributed by atoms with Crippen molar-refractivity contribution in [2.45, 2.75) is 64.5 Å². The second-order valence-electron chi connectivity index (χ2n) is 7.22. The van der Waals surface area contributed by atoms with Crippen molar-refractivity contribution in [1.82, 2.24) is 16.0 Å². The third-order valence-electron chi connectivity index (χ3n) is 3.97. The Morgan fingerprint density at radius 1 is 0.966 bits per heavy atom. The van der Waals surface area contributed by atoms with E-state index in [4.69, 9.17) is 16.6 Å². The molecule has 2 atom stereocenters. The van der Waals surface area contributed by atoms with Crippen LogP contribution < -0.4 is 27.4 Å². The molecular weight excluding hydrogens is 382 g/mol. The first-order valence-electron chi connectivity index (χ1n) is 9.63. The third-order valence-corrected chi connectivity index (χ3v) is 3.97. The van der Waals surface area contributed by atoms with Crippen molar-refractivity contribution in [3.63, 3.8) is 0 Å². The topological polar surface area (TPSA) is 194 Å². The van der Waals surface area contributed by atoms with Crippen LogP contribution in [0.4, 0.5) is 0 Å². The van der Waals surface area contributed by atoms with Gasteiger partial charge in [-0.05, 0) is 31.6 Å².